The molecule has 6 heteroatoms. The van der Waals surface area contributed by atoms with Gasteiger partial charge in [-0.05, 0) is 43.7 Å². The first kappa shape index (κ1) is 19.6. The molecule has 3 rings (SSSR count). The van der Waals surface area contributed by atoms with Crippen LogP contribution in [0.1, 0.15) is 42.2 Å². The molecule has 0 spiro atoms. The fourth-order valence-corrected chi connectivity index (χ4v) is 3.34. The molecule has 0 saturated carbocycles. The fraction of sp³-hybridized carbons (Fsp3) is 0.318. The van der Waals surface area contributed by atoms with Gasteiger partial charge in [0, 0.05) is 18.7 Å². The maximum atomic E-state index is 12.6. The molecule has 1 saturated heterocycles. The first-order valence-corrected chi connectivity index (χ1v) is 9.42. The van der Waals surface area contributed by atoms with Crippen LogP contribution in [0.4, 0.5) is 5.69 Å². The van der Waals surface area contributed by atoms with Crippen molar-refractivity contribution < 1.29 is 19.1 Å². The predicted molar refractivity (Wildman–Crippen MR) is 106 cm³/mol. The Morgan fingerprint density at radius 3 is 2.46 bits per heavy atom. The van der Waals surface area contributed by atoms with E-state index < -0.39 is 11.9 Å². The molecule has 2 aromatic rings. The Balaban J connectivity index is 1.61. The maximum Gasteiger partial charge on any atom is 0.338 e. The number of benzene rings is 2. The average Bonchev–Trinajstić information content (AvgIpc) is 3.10. The minimum atomic E-state index is -0.400. The number of anilines is 1. The molecule has 0 radical (unpaired) electrons. The van der Waals surface area contributed by atoms with Crippen LogP contribution in [0.15, 0.2) is 54.6 Å². The monoisotopic (exact) mass is 380 g/mol. The van der Waals surface area contributed by atoms with E-state index in [1.165, 1.54) is 0 Å². The van der Waals surface area contributed by atoms with Crippen LogP contribution in [-0.2, 0) is 14.3 Å². The van der Waals surface area contributed by atoms with Crippen molar-refractivity contribution in [2.45, 2.75) is 26.3 Å². The van der Waals surface area contributed by atoms with Crippen LogP contribution in [0, 0.1) is 5.92 Å². The standard InChI is InChI=1S/C22H24N2O4/c1-3-28-22(27)17-9-11-19(12-10-17)23-21(26)18-13-20(25)24(14-18)15(2)16-7-5-4-6-8-16/h4-12,15,18H,3,13-14H2,1-2H3,(H,23,26)/t15-,18+/m1/s1. The highest BCUT2D eigenvalue weighted by atomic mass is 16.5. The summed E-state index contributed by atoms with van der Waals surface area (Å²) in [4.78, 5) is 38.5. The Labute approximate surface area is 164 Å². The highest BCUT2D eigenvalue weighted by molar-refractivity contribution is 5.97. The summed E-state index contributed by atoms with van der Waals surface area (Å²) in [5.74, 6) is -1.01. The maximum absolute atomic E-state index is 12.6. The van der Waals surface area contributed by atoms with Crippen LogP contribution in [0.5, 0.6) is 0 Å². The molecular weight excluding hydrogens is 356 g/mol. The average molecular weight is 380 g/mol. The van der Waals surface area contributed by atoms with Gasteiger partial charge < -0.3 is 15.0 Å². The van der Waals surface area contributed by atoms with Crippen LogP contribution in [-0.4, -0.2) is 35.8 Å². The smallest absolute Gasteiger partial charge is 0.338 e. The molecule has 1 heterocycles. The number of nitrogens with zero attached hydrogens (tertiary/aromatic N) is 1. The zero-order valence-corrected chi connectivity index (χ0v) is 16.1. The van der Waals surface area contributed by atoms with E-state index in [1.807, 2.05) is 37.3 Å². The summed E-state index contributed by atoms with van der Waals surface area (Å²) in [6, 6.07) is 16.2. The van der Waals surface area contributed by atoms with Crippen molar-refractivity contribution in [3.05, 3.63) is 65.7 Å². The second-order valence-electron chi connectivity index (χ2n) is 6.82. The summed E-state index contributed by atoms with van der Waals surface area (Å²) in [6.45, 7) is 4.42. The summed E-state index contributed by atoms with van der Waals surface area (Å²) in [7, 11) is 0. The molecule has 6 nitrogen and oxygen atoms in total. The third-order valence-electron chi connectivity index (χ3n) is 4.94. The van der Waals surface area contributed by atoms with Crippen LogP contribution in [0.25, 0.3) is 0 Å². The zero-order valence-electron chi connectivity index (χ0n) is 16.1. The lowest BCUT2D eigenvalue weighted by Crippen LogP contribution is -2.30. The normalized spacial score (nSPS) is 17.3. The minimum absolute atomic E-state index is 0.0193. The van der Waals surface area contributed by atoms with Crippen molar-refractivity contribution in [3.8, 4) is 0 Å². The van der Waals surface area contributed by atoms with E-state index in [-0.39, 0.29) is 24.3 Å². The number of hydrogen-bond donors (Lipinski definition) is 1. The highest BCUT2D eigenvalue weighted by Crippen LogP contribution is 2.29. The molecule has 1 aliphatic rings. The SMILES string of the molecule is CCOC(=O)c1ccc(NC(=O)[C@H]2CC(=O)N([C@H](C)c3ccccc3)C2)cc1. The van der Waals surface area contributed by atoms with Crippen molar-refractivity contribution >= 4 is 23.5 Å². The van der Waals surface area contributed by atoms with E-state index in [2.05, 4.69) is 5.32 Å². The number of hydrogen-bond acceptors (Lipinski definition) is 4. The van der Waals surface area contributed by atoms with Gasteiger partial charge in [0.1, 0.15) is 0 Å². The minimum Gasteiger partial charge on any atom is -0.462 e. The van der Waals surface area contributed by atoms with E-state index in [0.717, 1.165) is 5.56 Å². The lowest BCUT2D eigenvalue weighted by Gasteiger charge is -2.25. The number of likely N-dealkylation sites (tertiary alicyclic amines) is 1. The van der Waals surface area contributed by atoms with Crippen molar-refractivity contribution in [1.29, 1.82) is 0 Å². The molecule has 1 aliphatic heterocycles. The van der Waals surface area contributed by atoms with Crippen molar-refractivity contribution in [1.82, 2.24) is 4.90 Å². The Morgan fingerprint density at radius 2 is 1.82 bits per heavy atom. The van der Waals surface area contributed by atoms with E-state index in [0.29, 0.717) is 24.4 Å². The number of carbonyl (C=O) groups excluding carboxylic acids is 3. The Morgan fingerprint density at radius 1 is 1.14 bits per heavy atom. The molecule has 0 aromatic heterocycles. The third-order valence-corrected chi connectivity index (χ3v) is 4.94. The lowest BCUT2D eigenvalue weighted by molar-refractivity contribution is -0.129. The lowest BCUT2D eigenvalue weighted by atomic mass is 10.1. The fourth-order valence-electron chi connectivity index (χ4n) is 3.34. The van der Waals surface area contributed by atoms with Gasteiger partial charge in [-0.3, -0.25) is 9.59 Å². The van der Waals surface area contributed by atoms with Gasteiger partial charge >= 0.3 is 5.97 Å². The summed E-state index contributed by atoms with van der Waals surface area (Å²) in [5, 5.41) is 2.83. The quantitative estimate of drug-likeness (QED) is 0.779. The number of nitrogens with one attached hydrogen (secondary N) is 1. The van der Waals surface area contributed by atoms with Crippen LogP contribution >= 0.6 is 0 Å². The number of carbonyl (C=O) groups is 3. The summed E-state index contributed by atoms with van der Waals surface area (Å²) < 4.78 is 4.94. The molecule has 0 unspecified atom stereocenters. The third kappa shape index (κ3) is 4.39. The first-order valence-electron chi connectivity index (χ1n) is 9.42. The van der Waals surface area contributed by atoms with Gasteiger partial charge in [-0.1, -0.05) is 30.3 Å². The topological polar surface area (TPSA) is 75.7 Å². The number of rotatable bonds is 6. The van der Waals surface area contributed by atoms with Crippen molar-refractivity contribution in [2.75, 3.05) is 18.5 Å². The van der Waals surface area contributed by atoms with Gasteiger partial charge in [-0.25, -0.2) is 4.79 Å². The van der Waals surface area contributed by atoms with E-state index >= 15 is 0 Å². The van der Waals surface area contributed by atoms with Gasteiger partial charge in [0.15, 0.2) is 0 Å². The number of amides is 2. The van der Waals surface area contributed by atoms with Crippen molar-refractivity contribution in [2.24, 2.45) is 5.92 Å². The highest BCUT2D eigenvalue weighted by Gasteiger charge is 2.37. The van der Waals surface area contributed by atoms with E-state index in [4.69, 9.17) is 4.74 Å². The number of esters is 1. The van der Waals surface area contributed by atoms with E-state index in [1.54, 1.807) is 36.1 Å². The molecule has 0 bridgehead atoms. The molecule has 2 amide bonds. The molecule has 1 N–H and O–H groups in total. The molecule has 2 atom stereocenters. The number of ether oxygens (including phenoxy) is 1. The zero-order chi connectivity index (χ0) is 20.1. The van der Waals surface area contributed by atoms with Gasteiger partial charge in [0.25, 0.3) is 0 Å². The summed E-state index contributed by atoms with van der Waals surface area (Å²) in [5.41, 5.74) is 2.06. The summed E-state index contributed by atoms with van der Waals surface area (Å²) in [6.07, 6.45) is 0.198. The van der Waals surface area contributed by atoms with Crippen LogP contribution in [0.3, 0.4) is 0 Å². The second kappa shape index (κ2) is 8.69. The summed E-state index contributed by atoms with van der Waals surface area (Å²) >= 11 is 0. The molecule has 1 fully saturated rings. The molecular formula is C22H24N2O4. The van der Waals surface area contributed by atoms with Gasteiger partial charge in [-0.15, -0.1) is 0 Å². The Kier molecular flexibility index (Phi) is 6.09. The molecule has 146 valence electrons. The predicted octanol–water partition coefficient (Wildman–Crippen LogP) is 3.41. The van der Waals surface area contributed by atoms with Gasteiger partial charge in [0.2, 0.25) is 11.8 Å². The van der Waals surface area contributed by atoms with Gasteiger partial charge in [-0.2, -0.15) is 0 Å². The van der Waals surface area contributed by atoms with E-state index in [9.17, 15) is 14.4 Å². The second-order valence-corrected chi connectivity index (χ2v) is 6.82. The Hall–Kier alpha value is -3.15. The van der Waals surface area contributed by atoms with Gasteiger partial charge in [0.05, 0.1) is 24.1 Å². The first-order chi connectivity index (χ1) is 13.5. The van der Waals surface area contributed by atoms with Crippen LogP contribution < -0.4 is 5.32 Å². The molecule has 28 heavy (non-hydrogen) atoms. The van der Waals surface area contributed by atoms with Crippen LogP contribution in [0.2, 0.25) is 0 Å². The van der Waals surface area contributed by atoms with Crippen molar-refractivity contribution in [3.63, 3.8) is 0 Å². The molecule has 0 aliphatic carbocycles. The largest absolute Gasteiger partial charge is 0.462 e. The molecule has 2 aromatic carbocycles. The Bertz CT molecular complexity index is 849.